The van der Waals surface area contributed by atoms with Crippen molar-refractivity contribution >= 4 is 45.1 Å². The maximum absolute atomic E-state index is 12.3. The van der Waals surface area contributed by atoms with E-state index in [1.54, 1.807) is 37.3 Å². The molecule has 0 fully saturated rings. The van der Waals surface area contributed by atoms with Gasteiger partial charge in [-0.1, -0.05) is 11.6 Å². The molecule has 3 rings (SSSR count). The van der Waals surface area contributed by atoms with E-state index >= 15 is 0 Å². The third-order valence-corrected chi connectivity index (χ3v) is 5.85. The zero-order chi connectivity index (χ0) is 24.2. The first-order chi connectivity index (χ1) is 15.5. The maximum Gasteiger partial charge on any atom is 0.269 e. The summed E-state index contributed by atoms with van der Waals surface area (Å²) in [5, 5.41) is 15.0. The molecule has 1 aromatic heterocycles. The monoisotopic (exact) mass is 490 g/mol. The molecule has 0 atom stereocenters. The lowest BCUT2D eigenvalue weighted by molar-refractivity contribution is -0.384. The van der Waals surface area contributed by atoms with Crippen LogP contribution in [0, 0.1) is 17.0 Å². The van der Waals surface area contributed by atoms with Crippen molar-refractivity contribution in [2.45, 2.75) is 6.92 Å². The number of nitro groups is 1. The van der Waals surface area contributed by atoms with Gasteiger partial charge in [0.15, 0.2) is 0 Å². The SMILES string of the molecule is Cc1cc(Cl)ccc1N(CC(=O)N/N=C\c1ccc(-c2ccc([N+](=O)[O-])cc2)o1)S(C)(=O)=O. The number of carbonyl (C=O) groups is 1. The Morgan fingerprint density at radius 2 is 1.91 bits per heavy atom. The molecule has 172 valence electrons. The molecule has 33 heavy (non-hydrogen) atoms. The van der Waals surface area contributed by atoms with Crippen LogP contribution in [0.3, 0.4) is 0 Å². The normalized spacial score (nSPS) is 11.5. The molecule has 1 heterocycles. The summed E-state index contributed by atoms with van der Waals surface area (Å²) in [6.45, 7) is 1.21. The molecule has 0 saturated carbocycles. The molecule has 2 aromatic carbocycles. The predicted molar refractivity (Wildman–Crippen MR) is 125 cm³/mol. The molecule has 0 aliphatic carbocycles. The van der Waals surface area contributed by atoms with Crippen LogP contribution in [0.15, 0.2) is 64.1 Å². The van der Waals surface area contributed by atoms with Gasteiger partial charge >= 0.3 is 0 Å². The highest BCUT2D eigenvalue weighted by atomic mass is 35.5. The van der Waals surface area contributed by atoms with E-state index in [1.807, 2.05) is 0 Å². The first-order valence-electron chi connectivity index (χ1n) is 9.45. The second-order valence-corrected chi connectivity index (χ2v) is 9.34. The number of non-ortho nitro benzene ring substituents is 1. The van der Waals surface area contributed by atoms with Crippen molar-refractivity contribution in [2.24, 2.45) is 5.10 Å². The Bertz CT molecular complexity index is 1320. The van der Waals surface area contributed by atoms with Gasteiger partial charge in [0.25, 0.3) is 11.6 Å². The van der Waals surface area contributed by atoms with Crippen molar-refractivity contribution in [1.82, 2.24) is 5.43 Å². The molecule has 0 unspecified atom stereocenters. The minimum atomic E-state index is -3.74. The highest BCUT2D eigenvalue weighted by Gasteiger charge is 2.22. The minimum Gasteiger partial charge on any atom is -0.455 e. The number of nitrogens with zero attached hydrogens (tertiary/aromatic N) is 3. The zero-order valence-electron chi connectivity index (χ0n) is 17.6. The van der Waals surface area contributed by atoms with Crippen LogP contribution in [-0.2, 0) is 14.8 Å². The van der Waals surface area contributed by atoms with Crippen LogP contribution in [0.1, 0.15) is 11.3 Å². The van der Waals surface area contributed by atoms with Crippen LogP contribution in [0.2, 0.25) is 5.02 Å². The fourth-order valence-corrected chi connectivity index (χ4v) is 4.08. The van der Waals surface area contributed by atoms with Gasteiger partial charge in [-0.3, -0.25) is 19.2 Å². The average molecular weight is 491 g/mol. The number of halogens is 1. The Morgan fingerprint density at radius 3 is 2.52 bits per heavy atom. The maximum atomic E-state index is 12.3. The molecule has 1 amide bonds. The molecular formula is C21H19ClN4O6S. The number of nitro benzene ring substituents is 1. The highest BCUT2D eigenvalue weighted by Crippen LogP contribution is 2.26. The molecule has 3 aromatic rings. The predicted octanol–water partition coefficient (Wildman–Crippen LogP) is 3.73. The molecule has 0 radical (unpaired) electrons. The second kappa shape index (κ2) is 9.84. The van der Waals surface area contributed by atoms with Crippen molar-refractivity contribution in [3.05, 3.63) is 81.1 Å². The Labute approximate surface area is 194 Å². The van der Waals surface area contributed by atoms with Crippen molar-refractivity contribution in [1.29, 1.82) is 0 Å². The van der Waals surface area contributed by atoms with Crippen LogP contribution in [0.4, 0.5) is 11.4 Å². The number of rotatable bonds is 8. The van der Waals surface area contributed by atoms with Crippen molar-refractivity contribution in [3.63, 3.8) is 0 Å². The minimum absolute atomic E-state index is 0.0354. The number of amides is 1. The summed E-state index contributed by atoms with van der Waals surface area (Å²) in [5.74, 6) is 0.115. The molecule has 0 aliphatic heterocycles. The third-order valence-electron chi connectivity index (χ3n) is 4.49. The van der Waals surface area contributed by atoms with E-state index in [0.29, 0.717) is 33.4 Å². The largest absolute Gasteiger partial charge is 0.455 e. The summed E-state index contributed by atoms with van der Waals surface area (Å²) in [6, 6.07) is 13.8. The summed E-state index contributed by atoms with van der Waals surface area (Å²) < 4.78 is 31.0. The quantitative estimate of drug-likeness (QED) is 0.290. The van der Waals surface area contributed by atoms with Crippen LogP contribution in [0.25, 0.3) is 11.3 Å². The van der Waals surface area contributed by atoms with Gasteiger partial charge < -0.3 is 4.42 Å². The first-order valence-corrected chi connectivity index (χ1v) is 11.7. The number of furan rings is 1. The van der Waals surface area contributed by atoms with E-state index in [4.69, 9.17) is 16.0 Å². The summed E-state index contributed by atoms with van der Waals surface area (Å²) in [4.78, 5) is 22.6. The topological polar surface area (TPSA) is 135 Å². The van der Waals surface area contributed by atoms with E-state index in [2.05, 4.69) is 10.5 Å². The summed E-state index contributed by atoms with van der Waals surface area (Å²) >= 11 is 5.93. The highest BCUT2D eigenvalue weighted by molar-refractivity contribution is 7.92. The smallest absolute Gasteiger partial charge is 0.269 e. The number of hydrazone groups is 1. The number of carbonyl (C=O) groups excluding carboxylic acids is 1. The van der Waals surface area contributed by atoms with Crippen LogP contribution >= 0.6 is 11.6 Å². The van der Waals surface area contributed by atoms with Gasteiger partial charge in [-0.05, 0) is 55.0 Å². The van der Waals surface area contributed by atoms with E-state index < -0.39 is 27.4 Å². The number of benzene rings is 2. The number of aryl methyl sites for hydroxylation is 1. The van der Waals surface area contributed by atoms with Crippen LogP contribution in [-0.4, -0.2) is 38.3 Å². The lowest BCUT2D eigenvalue weighted by Crippen LogP contribution is -2.39. The van der Waals surface area contributed by atoms with E-state index in [0.717, 1.165) is 10.6 Å². The molecule has 0 spiro atoms. The third kappa shape index (κ3) is 6.18. The lowest BCUT2D eigenvalue weighted by Gasteiger charge is -2.23. The van der Waals surface area contributed by atoms with Crippen molar-refractivity contribution < 1.29 is 22.6 Å². The number of anilines is 1. The molecule has 0 aliphatic rings. The fourth-order valence-electron chi connectivity index (χ4n) is 2.94. The van der Waals surface area contributed by atoms with Crippen molar-refractivity contribution in [2.75, 3.05) is 17.1 Å². The van der Waals surface area contributed by atoms with E-state index in [9.17, 15) is 23.3 Å². The van der Waals surface area contributed by atoms with E-state index in [1.165, 1.54) is 30.5 Å². The number of hydrogen-bond donors (Lipinski definition) is 1. The first kappa shape index (κ1) is 24.0. The van der Waals surface area contributed by atoms with Gasteiger partial charge in [-0.25, -0.2) is 13.8 Å². The summed E-state index contributed by atoms with van der Waals surface area (Å²) in [6.07, 6.45) is 2.26. The van der Waals surface area contributed by atoms with Gasteiger partial charge in [0.05, 0.1) is 23.1 Å². The summed E-state index contributed by atoms with van der Waals surface area (Å²) in [5.41, 5.74) is 3.79. The number of nitrogens with one attached hydrogen (secondary N) is 1. The molecule has 1 N–H and O–H groups in total. The Kier molecular flexibility index (Phi) is 7.14. The second-order valence-electron chi connectivity index (χ2n) is 7.00. The van der Waals surface area contributed by atoms with Crippen LogP contribution < -0.4 is 9.73 Å². The number of sulfonamides is 1. The lowest BCUT2D eigenvalue weighted by atomic mass is 10.1. The zero-order valence-corrected chi connectivity index (χ0v) is 19.1. The average Bonchev–Trinajstić information content (AvgIpc) is 3.21. The Hall–Kier alpha value is -3.70. The molecule has 10 nitrogen and oxygen atoms in total. The number of hydrogen-bond acceptors (Lipinski definition) is 7. The van der Waals surface area contributed by atoms with Gasteiger partial charge in [0.2, 0.25) is 10.0 Å². The van der Waals surface area contributed by atoms with Gasteiger partial charge in [0.1, 0.15) is 18.1 Å². The van der Waals surface area contributed by atoms with Crippen molar-refractivity contribution in [3.8, 4) is 11.3 Å². The Balaban J connectivity index is 1.66. The molecule has 12 heteroatoms. The standard InChI is InChI=1S/C21H19ClN4O6S/c1-14-11-16(22)5-9-19(14)25(33(2,30)31)13-21(27)24-23-12-18-8-10-20(32-18)15-3-6-17(7-4-15)26(28)29/h3-12H,13H2,1-2H3,(H,24,27)/b23-12-. The molecule has 0 bridgehead atoms. The molecular weight excluding hydrogens is 472 g/mol. The summed E-state index contributed by atoms with van der Waals surface area (Å²) in [7, 11) is -3.74. The van der Waals surface area contributed by atoms with Gasteiger partial charge in [-0.2, -0.15) is 5.10 Å². The van der Waals surface area contributed by atoms with Gasteiger partial charge in [0, 0.05) is 22.7 Å². The van der Waals surface area contributed by atoms with Crippen LogP contribution in [0.5, 0.6) is 0 Å². The Morgan fingerprint density at radius 1 is 1.21 bits per heavy atom. The molecule has 0 saturated heterocycles. The van der Waals surface area contributed by atoms with Gasteiger partial charge in [-0.15, -0.1) is 0 Å². The van der Waals surface area contributed by atoms with E-state index in [-0.39, 0.29) is 5.69 Å². The fraction of sp³-hybridized carbons (Fsp3) is 0.143.